The minimum Gasteiger partial charge on any atom is -0.492 e. The lowest BCUT2D eigenvalue weighted by Crippen LogP contribution is -2.29. The highest BCUT2D eigenvalue weighted by Crippen LogP contribution is 2.24. The summed E-state index contributed by atoms with van der Waals surface area (Å²) in [5.41, 5.74) is 4.02. The van der Waals surface area contributed by atoms with Gasteiger partial charge in [-0.05, 0) is 81.7 Å². The van der Waals surface area contributed by atoms with E-state index < -0.39 is 11.2 Å². The van der Waals surface area contributed by atoms with Crippen LogP contribution in [0.15, 0.2) is 46.0 Å². The fraction of sp³-hybridized carbons (Fsp3) is 0.360. The highest BCUT2D eigenvalue weighted by molar-refractivity contribution is 5.81. The van der Waals surface area contributed by atoms with Gasteiger partial charge in [0, 0.05) is 13.1 Å². The predicted octanol–water partition coefficient (Wildman–Crippen LogP) is 2.77. The number of ether oxygens (including phenoxy) is 1. The fourth-order valence-electron chi connectivity index (χ4n) is 3.82. The van der Waals surface area contributed by atoms with E-state index in [-0.39, 0.29) is 5.69 Å². The maximum absolute atomic E-state index is 12.4. The Kier molecular flexibility index (Phi) is 6.55. The maximum atomic E-state index is 12.4. The number of hydrogen-bond donors (Lipinski definition) is 1. The number of nitrogens with one attached hydrogen (secondary N) is 1. The van der Waals surface area contributed by atoms with Crippen LogP contribution in [0.5, 0.6) is 5.75 Å². The number of fused-ring (bicyclic) bond motifs is 2. The first-order valence-electron chi connectivity index (χ1n) is 11.1. The van der Waals surface area contributed by atoms with Gasteiger partial charge < -0.3 is 14.2 Å². The predicted molar refractivity (Wildman–Crippen MR) is 129 cm³/mol. The van der Waals surface area contributed by atoms with Crippen LogP contribution in [0.1, 0.15) is 23.1 Å². The molecule has 0 atom stereocenters. The van der Waals surface area contributed by atoms with Crippen LogP contribution >= 0.6 is 0 Å². The number of nitrogens with zero attached hydrogens (tertiary/aromatic N) is 4. The zero-order valence-corrected chi connectivity index (χ0v) is 19.5. The Morgan fingerprint density at radius 2 is 1.76 bits per heavy atom. The minimum atomic E-state index is -0.656. The second-order valence-electron chi connectivity index (χ2n) is 8.63. The third kappa shape index (κ3) is 5.12. The van der Waals surface area contributed by atoms with Gasteiger partial charge in [0.1, 0.15) is 12.4 Å². The van der Waals surface area contributed by atoms with Crippen molar-refractivity contribution in [1.82, 2.24) is 24.4 Å². The van der Waals surface area contributed by atoms with Gasteiger partial charge in [-0.2, -0.15) is 4.98 Å². The van der Waals surface area contributed by atoms with Gasteiger partial charge in [0.15, 0.2) is 11.5 Å². The van der Waals surface area contributed by atoms with Crippen molar-refractivity contribution < 1.29 is 4.74 Å². The molecule has 2 aliphatic rings. The molecule has 8 nitrogen and oxygen atoms in total. The van der Waals surface area contributed by atoms with Crippen LogP contribution in [-0.2, 0) is 13.0 Å². The summed E-state index contributed by atoms with van der Waals surface area (Å²) in [6.45, 7) is 6.18. The Labute approximate surface area is 192 Å². The van der Waals surface area contributed by atoms with Gasteiger partial charge in [-0.3, -0.25) is 9.78 Å². The Hall–Kier alpha value is -3.52. The van der Waals surface area contributed by atoms with E-state index in [1.807, 2.05) is 56.8 Å². The summed E-state index contributed by atoms with van der Waals surface area (Å²) in [6.07, 6.45) is 1.66. The molecule has 2 aliphatic heterocycles. The number of likely N-dealkylation sites (N-methyl/N-ethyl adjacent to an activating group) is 1. The second-order valence-corrected chi connectivity index (χ2v) is 8.63. The van der Waals surface area contributed by atoms with Crippen LogP contribution in [-0.4, -0.2) is 51.7 Å². The molecule has 0 saturated carbocycles. The number of rotatable bonds is 8. The minimum absolute atomic E-state index is 0.185. The Morgan fingerprint density at radius 3 is 2.48 bits per heavy atom. The van der Waals surface area contributed by atoms with Crippen LogP contribution in [0, 0.1) is 13.8 Å². The summed E-state index contributed by atoms with van der Waals surface area (Å²) >= 11 is 0. The average Bonchev–Trinajstić information content (AvgIpc) is 2.76. The lowest BCUT2D eigenvalue weighted by atomic mass is 10.1. The summed E-state index contributed by atoms with van der Waals surface area (Å²) < 4.78 is 7.71. The van der Waals surface area contributed by atoms with Crippen molar-refractivity contribution in [3.8, 4) is 17.3 Å². The fourth-order valence-corrected chi connectivity index (χ4v) is 3.82. The van der Waals surface area contributed by atoms with Crippen LogP contribution < -0.4 is 16.0 Å². The second kappa shape index (κ2) is 9.54. The molecular formula is C25H29N5O3. The van der Waals surface area contributed by atoms with Crippen molar-refractivity contribution in [2.75, 3.05) is 27.2 Å². The lowest BCUT2D eigenvalue weighted by Gasteiger charge is -2.18. The van der Waals surface area contributed by atoms with E-state index in [0.29, 0.717) is 19.0 Å². The highest BCUT2D eigenvalue weighted by atomic mass is 16.5. The molecular weight excluding hydrogens is 418 g/mol. The van der Waals surface area contributed by atoms with Gasteiger partial charge in [0.25, 0.3) is 5.56 Å². The topological polar surface area (TPSA) is 93.1 Å². The summed E-state index contributed by atoms with van der Waals surface area (Å²) in [7, 11) is 4.04. The molecule has 2 aromatic carbocycles. The van der Waals surface area contributed by atoms with E-state index in [1.165, 1.54) is 5.56 Å². The zero-order chi connectivity index (χ0) is 23.5. The number of H-pyrrole nitrogens is 1. The van der Waals surface area contributed by atoms with Crippen LogP contribution in [0.4, 0.5) is 0 Å². The maximum Gasteiger partial charge on any atom is 0.349 e. The average molecular weight is 448 g/mol. The first-order valence-corrected chi connectivity index (χ1v) is 11.1. The largest absolute Gasteiger partial charge is 0.492 e. The molecule has 172 valence electrons. The number of aryl methyl sites for hydroxylation is 4. The molecule has 2 heterocycles. The van der Waals surface area contributed by atoms with Crippen LogP contribution in [0.25, 0.3) is 22.6 Å². The molecule has 8 heteroatoms. The van der Waals surface area contributed by atoms with Gasteiger partial charge >= 0.3 is 5.69 Å². The molecule has 33 heavy (non-hydrogen) atoms. The van der Waals surface area contributed by atoms with Gasteiger partial charge in [-0.15, -0.1) is 0 Å². The SMILES string of the molecule is Cc1cc2nc3c(=O)[nH]c(=O)nc-3n(CCCc3ccc(OCCN(C)C)cc3)c2cc1C. The van der Waals surface area contributed by atoms with Gasteiger partial charge in [0.2, 0.25) is 0 Å². The number of aromatic nitrogens is 4. The number of hydrogen-bond acceptors (Lipinski definition) is 6. The van der Waals surface area contributed by atoms with E-state index >= 15 is 0 Å². The monoisotopic (exact) mass is 447 g/mol. The summed E-state index contributed by atoms with van der Waals surface area (Å²) in [6, 6.07) is 12.2. The molecule has 2 aromatic rings. The molecule has 1 N–H and O–H groups in total. The van der Waals surface area contributed by atoms with Crippen molar-refractivity contribution in [2.45, 2.75) is 33.2 Å². The summed E-state index contributed by atoms with van der Waals surface area (Å²) in [5.74, 6) is 1.18. The van der Waals surface area contributed by atoms with E-state index in [1.54, 1.807) is 0 Å². The molecule has 0 radical (unpaired) electrons. The first kappa shape index (κ1) is 22.7. The van der Waals surface area contributed by atoms with Crippen molar-refractivity contribution in [3.05, 3.63) is 73.9 Å². The molecule has 0 aromatic heterocycles. The number of aromatic amines is 1. The highest BCUT2D eigenvalue weighted by Gasteiger charge is 2.19. The van der Waals surface area contributed by atoms with Crippen molar-refractivity contribution in [2.24, 2.45) is 0 Å². The zero-order valence-electron chi connectivity index (χ0n) is 19.5. The van der Waals surface area contributed by atoms with E-state index in [9.17, 15) is 9.59 Å². The lowest BCUT2D eigenvalue weighted by molar-refractivity contribution is 0.261. The van der Waals surface area contributed by atoms with Crippen molar-refractivity contribution >= 4 is 11.0 Å². The quantitative estimate of drug-likeness (QED) is 0.418. The van der Waals surface area contributed by atoms with Crippen molar-refractivity contribution in [3.63, 3.8) is 0 Å². The molecule has 0 aliphatic carbocycles. The first-order chi connectivity index (χ1) is 15.8. The van der Waals surface area contributed by atoms with Gasteiger partial charge in [-0.25, -0.2) is 9.78 Å². The number of benzene rings is 2. The smallest absolute Gasteiger partial charge is 0.349 e. The summed E-state index contributed by atoms with van der Waals surface area (Å²) in [5, 5.41) is 0. The Balaban J connectivity index is 1.57. The standard InChI is InChI=1S/C25H29N5O3/c1-16-14-20-21(15-17(16)2)30(23-22(26-20)24(31)28-25(32)27-23)11-5-6-18-7-9-19(10-8-18)33-13-12-29(3)4/h7-10,14-15H,5-6,11-13H2,1-4H3,(H,28,31,32). The summed E-state index contributed by atoms with van der Waals surface area (Å²) in [4.78, 5) is 37.2. The third-order valence-electron chi connectivity index (χ3n) is 5.80. The molecule has 0 amide bonds. The van der Waals surface area contributed by atoms with Gasteiger partial charge in [0.05, 0.1) is 11.0 Å². The molecule has 4 rings (SSSR count). The van der Waals surface area contributed by atoms with Crippen LogP contribution in [0.2, 0.25) is 0 Å². The molecule has 0 saturated heterocycles. The van der Waals surface area contributed by atoms with Crippen molar-refractivity contribution in [1.29, 1.82) is 0 Å². The third-order valence-corrected chi connectivity index (χ3v) is 5.80. The molecule has 0 bridgehead atoms. The Bertz CT molecular complexity index is 1360. The van der Waals surface area contributed by atoms with E-state index in [2.05, 4.69) is 32.0 Å². The normalized spacial score (nSPS) is 11.5. The molecule has 0 spiro atoms. The van der Waals surface area contributed by atoms with Gasteiger partial charge in [-0.1, -0.05) is 12.1 Å². The Morgan fingerprint density at radius 1 is 1.03 bits per heavy atom. The van der Waals surface area contributed by atoms with E-state index in [0.717, 1.165) is 47.3 Å². The molecule has 0 fully saturated rings. The van der Waals surface area contributed by atoms with E-state index in [4.69, 9.17) is 4.74 Å². The van der Waals surface area contributed by atoms with Crippen LogP contribution in [0.3, 0.4) is 0 Å². The molecule has 0 unspecified atom stereocenters.